The maximum Gasteiger partial charge on any atom is 0.289 e. The van der Waals surface area contributed by atoms with Crippen molar-refractivity contribution in [2.24, 2.45) is 0 Å². The van der Waals surface area contributed by atoms with Crippen LogP contribution in [0.2, 0.25) is 5.02 Å². The van der Waals surface area contributed by atoms with Crippen LogP contribution in [-0.2, 0) is 16.3 Å². The molecule has 2 aromatic carbocycles. The van der Waals surface area contributed by atoms with Gasteiger partial charge in [0.15, 0.2) is 15.0 Å². The van der Waals surface area contributed by atoms with Crippen LogP contribution in [0.15, 0.2) is 46.7 Å². The van der Waals surface area contributed by atoms with Crippen molar-refractivity contribution in [1.82, 2.24) is 4.98 Å². The number of anilines is 1. The maximum atomic E-state index is 13.1. The predicted molar refractivity (Wildman–Crippen MR) is 131 cm³/mol. The summed E-state index contributed by atoms with van der Waals surface area (Å²) in [6.07, 6.45) is 1.63. The van der Waals surface area contributed by atoms with Crippen molar-refractivity contribution in [1.29, 1.82) is 0 Å². The Labute approximate surface area is 202 Å². The summed E-state index contributed by atoms with van der Waals surface area (Å²) in [6.45, 7) is 5.30. The third-order valence-corrected chi connectivity index (χ3v) is 9.33. The van der Waals surface area contributed by atoms with Gasteiger partial charge < -0.3 is 4.90 Å². The molecular weight excluding hydrogens is 482 g/mol. The van der Waals surface area contributed by atoms with Gasteiger partial charge in [-0.2, -0.15) is 0 Å². The van der Waals surface area contributed by atoms with Crippen LogP contribution in [0.1, 0.15) is 35.2 Å². The Morgan fingerprint density at radius 2 is 1.82 bits per heavy atom. The lowest BCUT2D eigenvalue weighted by molar-refractivity contribution is -0.384. The van der Waals surface area contributed by atoms with Crippen LogP contribution in [0, 0.1) is 24.0 Å². The predicted octanol–water partition coefficient (Wildman–Crippen LogP) is 5.36. The van der Waals surface area contributed by atoms with Gasteiger partial charge in [-0.05, 0) is 44.4 Å². The van der Waals surface area contributed by atoms with E-state index in [1.54, 1.807) is 11.3 Å². The molecule has 1 aliphatic heterocycles. The van der Waals surface area contributed by atoms with Crippen LogP contribution in [0.25, 0.3) is 0 Å². The zero-order chi connectivity index (χ0) is 23.8. The van der Waals surface area contributed by atoms with Gasteiger partial charge in [-0.3, -0.25) is 10.1 Å². The largest absolute Gasteiger partial charge is 0.348 e. The van der Waals surface area contributed by atoms with E-state index >= 15 is 0 Å². The number of nitro benzene ring substituents is 1. The molecule has 0 aliphatic carbocycles. The number of nitrogens with zero attached hydrogens (tertiary/aromatic N) is 3. The lowest BCUT2D eigenvalue weighted by Crippen LogP contribution is -2.39. The van der Waals surface area contributed by atoms with Crippen LogP contribution in [-0.4, -0.2) is 36.7 Å². The fourth-order valence-electron chi connectivity index (χ4n) is 4.26. The van der Waals surface area contributed by atoms with Crippen molar-refractivity contribution in [3.05, 3.63) is 79.3 Å². The average molecular weight is 506 g/mol. The minimum Gasteiger partial charge on any atom is -0.348 e. The van der Waals surface area contributed by atoms with E-state index < -0.39 is 25.7 Å². The molecule has 1 aromatic heterocycles. The molecule has 0 bridgehead atoms. The molecular formula is C23H24ClN3O4S2. The van der Waals surface area contributed by atoms with Crippen molar-refractivity contribution in [3.63, 3.8) is 0 Å². The highest BCUT2D eigenvalue weighted by Crippen LogP contribution is 2.33. The number of hydrogen-bond donors (Lipinski definition) is 0. The van der Waals surface area contributed by atoms with E-state index in [4.69, 9.17) is 16.6 Å². The fraction of sp³-hybridized carbons (Fsp3) is 0.348. The van der Waals surface area contributed by atoms with Gasteiger partial charge >= 0.3 is 0 Å². The number of hydrogen-bond acceptors (Lipinski definition) is 7. The van der Waals surface area contributed by atoms with Crippen molar-refractivity contribution in [2.75, 3.05) is 18.0 Å². The van der Waals surface area contributed by atoms with Crippen LogP contribution >= 0.6 is 22.9 Å². The van der Waals surface area contributed by atoms with Crippen molar-refractivity contribution in [3.8, 4) is 0 Å². The number of benzene rings is 2. The number of sulfone groups is 1. The zero-order valence-corrected chi connectivity index (χ0v) is 20.7. The molecule has 0 atom stereocenters. The third-order valence-electron chi connectivity index (χ3n) is 5.80. The highest BCUT2D eigenvalue weighted by molar-refractivity contribution is 7.92. The maximum absolute atomic E-state index is 13.1. The second kappa shape index (κ2) is 9.40. The Hall–Kier alpha value is -2.49. The lowest BCUT2D eigenvalue weighted by atomic mass is 10.0. The summed E-state index contributed by atoms with van der Waals surface area (Å²) in [4.78, 5) is 17.3. The lowest BCUT2D eigenvalue weighted by Gasteiger charge is -2.31. The van der Waals surface area contributed by atoms with Crippen LogP contribution in [0.4, 0.5) is 10.8 Å². The average Bonchev–Trinajstić information content (AvgIpc) is 3.21. The Morgan fingerprint density at radius 1 is 1.15 bits per heavy atom. The molecule has 0 radical (unpaired) electrons. The van der Waals surface area contributed by atoms with E-state index in [-0.39, 0.29) is 9.92 Å². The molecule has 2 heterocycles. The smallest absolute Gasteiger partial charge is 0.289 e. The Morgan fingerprint density at radius 3 is 2.45 bits per heavy atom. The molecule has 174 valence electrons. The van der Waals surface area contributed by atoms with E-state index in [0.29, 0.717) is 25.9 Å². The second-order valence-corrected chi connectivity index (χ2v) is 11.9. The number of aromatic nitrogens is 1. The Kier molecular flexibility index (Phi) is 6.74. The first-order valence-corrected chi connectivity index (χ1v) is 13.4. The summed E-state index contributed by atoms with van der Waals surface area (Å²) in [5, 5.41) is 13.4. The molecule has 7 nitrogen and oxygen atoms in total. The minimum absolute atomic E-state index is 0.0537. The number of thiazole rings is 1. The van der Waals surface area contributed by atoms with Gasteiger partial charge in [-0.25, -0.2) is 13.4 Å². The summed E-state index contributed by atoms with van der Waals surface area (Å²) in [5.74, 6) is 0. The first-order chi connectivity index (χ1) is 15.6. The van der Waals surface area contributed by atoms with Crippen molar-refractivity contribution < 1.29 is 13.3 Å². The summed E-state index contributed by atoms with van der Waals surface area (Å²) >= 11 is 7.40. The number of aryl methyl sites for hydroxylation is 2. The second-order valence-electron chi connectivity index (χ2n) is 8.40. The molecule has 0 spiro atoms. The Bertz CT molecular complexity index is 1280. The zero-order valence-electron chi connectivity index (χ0n) is 18.3. The van der Waals surface area contributed by atoms with E-state index in [0.717, 1.165) is 23.3 Å². The SMILES string of the molecule is Cc1cc(C)cc(Cc2csc(N3CCC(S(=O)(=O)c4ccc(Cl)c([N+](=O)[O-])c4)CC3)n2)c1. The molecule has 0 saturated carbocycles. The normalized spacial score (nSPS) is 15.1. The monoisotopic (exact) mass is 505 g/mol. The molecule has 4 rings (SSSR count). The van der Waals surface area contributed by atoms with E-state index in [1.165, 1.54) is 28.8 Å². The highest BCUT2D eigenvalue weighted by Gasteiger charge is 2.33. The van der Waals surface area contributed by atoms with Gasteiger partial charge in [0, 0.05) is 31.0 Å². The molecule has 0 N–H and O–H groups in total. The van der Waals surface area contributed by atoms with Gasteiger partial charge in [0.25, 0.3) is 5.69 Å². The molecule has 10 heteroatoms. The number of piperidine rings is 1. The molecule has 1 saturated heterocycles. The first kappa shape index (κ1) is 23.7. The van der Waals surface area contributed by atoms with Gasteiger partial charge in [-0.1, -0.05) is 40.9 Å². The van der Waals surface area contributed by atoms with E-state index in [9.17, 15) is 18.5 Å². The number of rotatable bonds is 6. The van der Waals surface area contributed by atoms with Gasteiger partial charge in [0.2, 0.25) is 0 Å². The summed E-state index contributed by atoms with van der Waals surface area (Å²) in [5.41, 5.74) is 4.30. The Balaban J connectivity index is 1.43. The molecule has 0 amide bonds. The summed E-state index contributed by atoms with van der Waals surface area (Å²) in [6, 6.07) is 10.2. The fourth-order valence-corrected chi connectivity index (χ4v) is 7.08. The molecule has 33 heavy (non-hydrogen) atoms. The molecule has 3 aromatic rings. The van der Waals surface area contributed by atoms with Gasteiger partial charge in [0.1, 0.15) is 5.02 Å². The van der Waals surface area contributed by atoms with Crippen LogP contribution < -0.4 is 4.90 Å². The van der Waals surface area contributed by atoms with E-state index in [2.05, 4.69) is 42.3 Å². The quantitative estimate of drug-likeness (QED) is 0.331. The molecule has 1 aliphatic rings. The number of nitro groups is 1. The van der Waals surface area contributed by atoms with Gasteiger partial charge in [0.05, 0.1) is 20.8 Å². The van der Waals surface area contributed by atoms with Crippen LogP contribution in [0.3, 0.4) is 0 Å². The standard InChI is InChI=1S/C23H24ClN3O4S2/c1-15-9-16(2)11-17(10-15)12-18-14-32-23(25-18)26-7-5-19(6-8-26)33(30,31)20-3-4-21(24)22(13-20)27(28)29/h3-4,9-11,13-14,19H,5-8,12H2,1-2H3. The highest BCUT2D eigenvalue weighted by atomic mass is 35.5. The minimum atomic E-state index is -3.69. The van der Waals surface area contributed by atoms with Crippen LogP contribution in [0.5, 0.6) is 0 Å². The van der Waals surface area contributed by atoms with Gasteiger partial charge in [-0.15, -0.1) is 11.3 Å². The topological polar surface area (TPSA) is 93.4 Å². The molecule has 1 fully saturated rings. The molecule has 0 unspecified atom stereocenters. The summed E-state index contributed by atoms with van der Waals surface area (Å²) < 4.78 is 26.2. The van der Waals surface area contributed by atoms with E-state index in [1.807, 2.05) is 0 Å². The van der Waals surface area contributed by atoms with Crippen molar-refractivity contribution in [2.45, 2.75) is 43.3 Å². The summed E-state index contributed by atoms with van der Waals surface area (Å²) in [7, 11) is -3.69. The third kappa shape index (κ3) is 5.20. The van der Waals surface area contributed by atoms with Crippen molar-refractivity contribution >= 4 is 43.6 Å². The first-order valence-electron chi connectivity index (χ1n) is 10.6. The number of halogens is 1.